The van der Waals surface area contributed by atoms with Crippen molar-refractivity contribution in [3.8, 4) is 11.8 Å². The molecule has 1 heterocycles. The van der Waals surface area contributed by atoms with Gasteiger partial charge in [0.15, 0.2) is 0 Å². The number of nitriles is 1. The van der Waals surface area contributed by atoms with E-state index in [1.807, 2.05) is 19.2 Å². The molecule has 1 aromatic heterocycles. The fourth-order valence-corrected chi connectivity index (χ4v) is 1.66. The molecule has 0 saturated carbocycles. The Balaban J connectivity index is 2.06. The van der Waals surface area contributed by atoms with Crippen molar-refractivity contribution in [2.75, 3.05) is 5.32 Å². The van der Waals surface area contributed by atoms with Crippen LogP contribution in [0.5, 0.6) is 5.75 Å². The van der Waals surface area contributed by atoms with Gasteiger partial charge in [-0.3, -0.25) is 9.48 Å². The number of aromatic nitrogens is 2. The maximum absolute atomic E-state index is 11.4. The Bertz CT molecular complexity index is 643. The van der Waals surface area contributed by atoms with Gasteiger partial charge >= 0.3 is 0 Å². The highest BCUT2D eigenvalue weighted by Gasteiger charge is 2.08. The molecule has 2 aromatic rings. The van der Waals surface area contributed by atoms with Crippen molar-refractivity contribution in [1.29, 1.82) is 5.26 Å². The molecule has 0 unspecified atom stereocenters. The van der Waals surface area contributed by atoms with E-state index in [0.717, 1.165) is 5.69 Å². The number of amides is 1. The van der Waals surface area contributed by atoms with Crippen molar-refractivity contribution >= 4 is 11.6 Å². The summed E-state index contributed by atoms with van der Waals surface area (Å²) in [5.41, 5.74) is 1.47. The van der Waals surface area contributed by atoms with Gasteiger partial charge in [0.2, 0.25) is 5.91 Å². The second-order valence-corrected chi connectivity index (χ2v) is 4.11. The molecule has 0 radical (unpaired) electrons. The molecule has 102 valence electrons. The molecule has 1 amide bonds. The SMILES string of the molecule is Cn1nccc1COc1ccccc1NC(=O)CC#N. The summed E-state index contributed by atoms with van der Waals surface area (Å²) < 4.78 is 7.40. The first-order valence-electron chi connectivity index (χ1n) is 6.06. The molecule has 0 aliphatic carbocycles. The number of rotatable bonds is 5. The van der Waals surface area contributed by atoms with Gasteiger partial charge in [0.25, 0.3) is 0 Å². The number of anilines is 1. The lowest BCUT2D eigenvalue weighted by atomic mass is 10.3. The summed E-state index contributed by atoms with van der Waals surface area (Å²) in [6, 6.07) is 10.8. The van der Waals surface area contributed by atoms with Crippen LogP contribution in [0.1, 0.15) is 12.1 Å². The molecule has 6 heteroatoms. The molecule has 0 bridgehead atoms. The number of para-hydroxylation sites is 2. The minimum atomic E-state index is -0.357. The first-order chi connectivity index (χ1) is 9.70. The monoisotopic (exact) mass is 270 g/mol. The van der Waals surface area contributed by atoms with E-state index < -0.39 is 0 Å². The lowest BCUT2D eigenvalue weighted by molar-refractivity contribution is -0.115. The normalized spacial score (nSPS) is 9.80. The Hall–Kier alpha value is -2.81. The van der Waals surface area contributed by atoms with E-state index in [4.69, 9.17) is 10.00 Å². The largest absolute Gasteiger partial charge is 0.485 e. The Labute approximate surface area is 116 Å². The van der Waals surface area contributed by atoms with Crippen molar-refractivity contribution in [3.63, 3.8) is 0 Å². The van der Waals surface area contributed by atoms with Crippen LogP contribution in [0.3, 0.4) is 0 Å². The summed E-state index contributed by atoms with van der Waals surface area (Å²) in [5.74, 6) is 0.198. The standard InChI is InChI=1S/C14H14N4O2/c1-18-11(7-9-16-18)10-20-13-5-3-2-4-12(13)17-14(19)6-8-15/h2-5,7,9H,6,10H2,1H3,(H,17,19). The predicted octanol–water partition coefficient (Wildman–Crippen LogP) is 1.85. The van der Waals surface area contributed by atoms with E-state index >= 15 is 0 Å². The maximum Gasteiger partial charge on any atom is 0.238 e. The van der Waals surface area contributed by atoms with E-state index in [1.165, 1.54) is 0 Å². The van der Waals surface area contributed by atoms with Crippen molar-refractivity contribution in [3.05, 3.63) is 42.2 Å². The average molecular weight is 270 g/mol. The van der Waals surface area contributed by atoms with Gasteiger partial charge in [-0.25, -0.2) is 0 Å². The second kappa shape index (κ2) is 6.38. The molecule has 1 aromatic carbocycles. The van der Waals surface area contributed by atoms with E-state index in [9.17, 15) is 4.79 Å². The number of hydrogen-bond donors (Lipinski definition) is 1. The highest BCUT2D eigenvalue weighted by molar-refractivity contribution is 5.93. The molecule has 0 atom stereocenters. The lowest BCUT2D eigenvalue weighted by Gasteiger charge is -2.11. The van der Waals surface area contributed by atoms with Crippen LogP contribution in [-0.2, 0) is 18.4 Å². The van der Waals surface area contributed by atoms with Crippen LogP contribution >= 0.6 is 0 Å². The van der Waals surface area contributed by atoms with Crippen LogP contribution in [0.15, 0.2) is 36.5 Å². The number of nitrogens with one attached hydrogen (secondary N) is 1. The predicted molar refractivity (Wildman–Crippen MR) is 72.8 cm³/mol. The van der Waals surface area contributed by atoms with Gasteiger partial charge in [0.05, 0.1) is 17.5 Å². The highest BCUT2D eigenvalue weighted by Crippen LogP contribution is 2.24. The molecular weight excluding hydrogens is 256 g/mol. The molecule has 0 aliphatic rings. The smallest absolute Gasteiger partial charge is 0.238 e. The summed E-state index contributed by atoms with van der Waals surface area (Å²) in [4.78, 5) is 11.4. The van der Waals surface area contributed by atoms with Crippen LogP contribution in [0.4, 0.5) is 5.69 Å². The highest BCUT2D eigenvalue weighted by atomic mass is 16.5. The fraction of sp³-hybridized carbons (Fsp3) is 0.214. The van der Waals surface area contributed by atoms with E-state index in [-0.39, 0.29) is 12.3 Å². The summed E-state index contributed by atoms with van der Waals surface area (Å²) in [5, 5.41) is 15.2. The van der Waals surface area contributed by atoms with Crippen LogP contribution in [-0.4, -0.2) is 15.7 Å². The van der Waals surface area contributed by atoms with Gasteiger partial charge in [0, 0.05) is 13.2 Å². The minimum absolute atomic E-state index is 0.184. The number of carbonyl (C=O) groups excluding carboxylic acids is 1. The Morgan fingerprint density at radius 2 is 2.25 bits per heavy atom. The zero-order valence-electron chi connectivity index (χ0n) is 11.0. The van der Waals surface area contributed by atoms with Crippen molar-refractivity contribution in [2.24, 2.45) is 7.05 Å². The van der Waals surface area contributed by atoms with Gasteiger partial charge in [-0.05, 0) is 18.2 Å². The van der Waals surface area contributed by atoms with Crippen LogP contribution < -0.4 is 10.1 Å². The quantitative estimate of drug-likeness (QED) is 0.899. The molecule has 20 heavy (non-hydrogen) atoms. The average Bonchev–Trinajstić information content (AvgIpc) is 2.83. The molecule has 0 saturated heterocycles. The van der Waals surface area contributed by atoms with E-state index in [0.29, 0.717) is 18.0 Å². The van der Waals surface area contributed by atoms with E-state index in [2.05, 4.69) is 10.4 Å². The summed E-state index contributed by atoms with van der Waals surface area (Å²) >= 11 is 0. The van der Waals surface area contributed by atoms with Gasteiger partial charge in [-0.2, -0.15) is 10.4 Å². The molecule has 0 fully saturated rings. The maximum atomic E-state index is 11.4. The summed E-state index contributed by atoms with van der Waals surface area (Å²) in [7, 11) is 1.83. The number of benzene rings is 1. The Morgan fingerprint density at radius 3 is 2.95 bits per heavy atom. The number of nitrogens with zero attached hydrogens (tertiary/aromatic N) is 3. The van der Waals surface area contributed by atoms with Gasteiger partial charge in [-0.15, -0.1) is 0 Å². The number of carbonyl (C=O) groups is 1. The molecule has 0 aliphatic heterocycles. The molecule has 2 rings (SSSR count). The van der Waals surface area contributed by atoms with Gasteiger partial charge in [0.1, 0.15) is 18.8 Å². The Kier molecular flexibility index (Phi) is 4.35. The topological polar surface area (TPSA) is 79.9 Å². The van der Waals surface area contributed by atoms with Gasteiger partial charge in [-0.1, -0.05) is 12.1 Å². The third-order valence-corrected chi connectivity index (χ3v) is 2.70. The molecular formula is C14H14N4O2. The fourth-order valence-electron chi connectivity index (χ4n) is 1.66. The molecule has 1 N–H and O–H groups in total. The molecule has 6 nitrogen and oxygen atoms in total. The zero-order chi connectivity index (χ0) is 14.4. The number of hydrogen-bond acceptors (Lipinski definition) is 4. The summed E-state index contributed by atoms with van der Waals surface area (Å²) in [6.45, 7) is 0.349. The first kappa shape index (κ1) is 13.6. The van der Waals surface area contributed by atoms with Crippen LogP contribution in [0.2, 0.25) is 0 Å². The zero-order valence-corrected chi connectivity index (χ0v) is 11.0. The third kappa shape index (κ3) is 3.36. The van der Waals surface area contributed by atoms with Crippen molar-refractivity contribution < 1.29 is 9.53 Å². The van der Waals surface area contributed by atoms with Crippen molar-refractivity contribution in [2.45, 2.75) is 13.0 Å². The first-order valence-corrected chi connectivity index (χ1v) is 6.06. The van der Waals surface area contributed by atoms with Crippen molar-refractivity contribution in [1.82, 2.24) is 9.78 Å². The summed E-state index contributed by atoms with van der Waals surface area (Å²) in [6.07, 6.45) is 1.51. The third-order valence-electron chi connectivity index (χ3n) is 2.70. The minimum Gasteiger partial charge on any atom is -0.485 e. The number of aryl methyl sites for hydroxylation is 1. The van der Waals surface area contributed by atoms with Gasteiger partial charge < -0.3 is 10.1 Å². The number of ether oxygens (including phenoxy) is 1. The van der Waals surface area contributed by atoms with Crippen LogP contribution in [0.25, 0.3) is 0 Å². The molecule has 0 spiro atoms. The van der Waals surface area contributed by atoms with Crippen LogP contribution in [0, 0.1) is 11.3 Å². The second-order valence-electron chi connectivity index (χ2n) is 4.11. The van der Waals surface area contributed by atoms with E-state index in [1.54, 1.807) is 35.1 Å². The Morgan fingerprint density at radius 1 is 1.45 bits per heavy atom. The lowest BCUT2D eigenvalue weighted by Crippen LogP contribution is -2.11.